The zero-order valence-corrected chi connectivity index (χ0v) is 15.3. The first-order valence-electron chi connectivity index (χ1n) is 8.66. The third kappa shape index (κ3) is 2.91. The lowest BCUT2D eigenvalue weighted by Gasteiger charge is -2.21. The topological polar surface area (TPSA) is 64.0 Å². The minimum atomic E-state index is -3.82. The Bertz CT molecular complexity index is 1050. The summed E-state index contributed by atoms with van der Waals surface area (Å²) in [6.07, 6.45) is 4.59. The number of nitrogens with one attached hydrogen (secondary N) is 1. The van der Waals surface area contributed by atoms with Gasteiger partial charge in [-0.1, -0.05) is 17.7 Å². The average molecular weight is 373 g/mol. The van der Waals surface area contributed by atoms with Gasteiger partial charge in [0.25, 0.3) is 10.0 Å². The van der Waals surface area contributed by atoms with Crippen molar-refractivity contribution < 1.29 is 12.8 Å². The number of piperidine rings is 1. The molecule has 1 aliphatic heterocycles. The molecule has 2 aromatic heterocycles. The molecule has 0 amide bonds. The molecule has 1 saturated heterocycles. The number of nitrogens with zero attached hydrogens (tertiary/aromatic N) is 2. The molecule has 1 N–H and O–H groups in total. The number of rotatable bonds is 3. The maximum absolute atomic E-state index is 13.8. The van der Waals surface area contributed by atoms with Gasteiger partial charge in [-0.15, -0.1) is 0 Å². The summed E-state index contributed by atoms with van der Waals surface area (Å²) in [6, 6.07) is 7.91. The van der Waals surface area contributed by atoms with E-state index in [1.54, 1.807) is 30.5 Å². The molecule has 26 heavy (non-hydrogen) atoms. The van der Waals surface area contributed by atoms with Crippen LogP contribution >= 0.6 is 0 Å². The Morgan fingerprint density at radius 2 is 1.88 bits per heavy atom. The molecule has 5 nitrogen and oxygen atoms in total. The first kappa shape index (κ1) is 17.2. The van der Waals surface area contributed by atoms with Gasteiger partial charge in [-0.3, -0.25) is 4.98 Å². The molecule has 136 valence electrons. The number of aryl methyl sites for hydroxylation is 1. The molecule has 0 unspecified atom stereocenters. The van der Waals surface area contributed by atoms with Crippen LogP contribution in [0.25, 0.3) is 11.0 Å². The van der Waals surface area contributed by atoms with Crippen molar-refractivity contribution in [3.63, 3.8) is 0 Å². The van der Waals surface area contributed by atoms with Gasteiger partial charge in [0, 0.05) is 17.8 Å². The first-order chi connectivity index (χ1) is 12.5. The number of pyridine rings is 1. The van der Waals surface area contributed by atoms with Gasteiger partial charge in [-0.2, -0.15) is 0 Å². The van der Waals surface area contributed by atoms with Gasteiger partial charge < -0.3 is 5.32 Å². The van der Waals surface area contributed by atoms with E-state index in [1.807, 2.05) is 6.92 Å². The van der Waals surface area contributed by atoms with Crippen molar-refractivity contribution in [3.8, 4) is 0 Å². The van der Waals surface area contributed by atoms with Crippen LogP contribution in [0.4, 0.5) is 4.39 Å². The van der Waals surface area contributed by atoms with E-state index < -0.39 is 15.8 Å². The lowest BCUT2D eigenvalue weighted by Crippen LogP contribution is -2.26. The number of benzene rings is 1. The van der Waals surface area contributed by atoms with Crippen molar-refractivity contribution in [3.05, 3.63) is 59.7 Å². The molecular formula is C19H20FN3O2S. The number of hydrogen-bond acceptors (Lipinski definition) is 4. The molecule has 0 saturated carbocycles. The predicted octanol–water partition coefficient (Wildman–Crippen LogP) is 3.19. The molecule has 1 fully saturated rings. The molecule has 3 aromatic rings. The van der Waals surface area contributed by atoms with Crippen molar-refractivity contribution in [2.24, 2.45) is 0 Å². The van der Waals surface area contributed by atoms with Crippen molar-refractivity contribution in [1.82, 2.24) is 14.3 Å². The zero-order valence-electron chi connectivity index (χ0n) is 14.4. The van der Waals surface area contributed by atoms with Crippen molar-refractivity contribution >= 4 is 21.1 Å². The molecule has 0 spiro atoms. The fourth-order valence-electron chi connectivity index (χ4n) is 3.53. The minimum Gasteiger partial charge on any atom is -0.317 e. The van der Waals surface area contributed by atoms with Gasteiger partial charge in [0.2, 0.25) is 0 Å². The SMILES string of the molecule is Cc1ccc(S(=O)(=O)n2cc(C3CCNCC3)c3ncc(F)cc32)cc1. The standard InChI is InChI=1S/C19H20FN3O2S/c1-13-2-4-16(5-3-13)26(24,25)23-12-17(14-6-8-21-9-7-14)19-18(23)10-15(20)11-22-19/h2-5,10-12,14,21H,6-9H2,1H3. The Balaban J connectivity index is 1.91. The van der Waals surface area contributed by atoms with E-state index in [1.165, 1.54) is 10.0 Å². The summed E-state index contributed by atoms with van der Waals surface area (Å²) < 4.78 is 41.3. The maximum atomic E-state index is 13.8. The third-order valence-electron chi connectivity index (χ3n) is 4.96. The Hall–Kier alpha value is -2.25. The van der Waals surface area contributed by atoms with Crippen molar-refractivity contribution in [1.29, 1.82) is 0 Å². The summed E-state index contributed by atoms with van der Waals surface area (Å²) in [6.45, 7) is 3.66. The van der Waals surface area contributed by atoms with Crippen LogP contribution in [0.3, 0.4) is 0 Å². The average Bonchev–Trinajstić information content (AvgIpc) is 3.02. The molecule has 0 bridgehead atoms. The van der Waals surface area contributed by atoms with Gasteiger partial charge >= 0.3 is 0 Å². The normalized spacial score (nSPS) is 16.2. The highest BCUT2D eigenvalue weighted by Crippen LogP contribution is 2.34. The summed E-state index contributed by atoms with van der Waals surface area (Å²) in [7, 11) is -3.82. The van der Waals surface area contributed by atoms with E-state index >= 15 is 0 Å². The van der Waals surface area contributed by atoms with Crippen LogP contribution in [0.15, 0.2) is 47.6 Å². The summed E-state index contributed by atoms with van der Waals surface area (Å²) >= 11 is 0. The van der Waals surface area contributed by atoms with E-state index in [2.05, 4.69) is 10.3 Å². The molecular weight excluding hydrogens is 353 g/mol. The van der Waals surface area contributed by atoms with Crippen molar-refractivity contribution in [2.45, 2.75) is 30.6 Å². The Morgan fingerprint density at radius 1 is 1.19 bits per heavy atom. The maximum Gasteiger partial charge on any atom is 0.268 e. The fraction of sp³-hybridized carbons (Fsp3) is 0.316. The van der Waals surface area contributed by atoms with E-state index in [-0.39, 0.29) is 10.8 Å². The van der Waals surface area contributed by atoms with Crippen LogP contribution in [-0.2, 0) is 10.0 Å². The largest absolute Gasteiger partial charge is 0.317 e. The summed E-state index contributed by atoms with van der Waals surface area (Å²) in [5.41, 5.74) is 2.70. The zero-order chi connectivity index (χ0) is 18.3. The second-order valence-corrected chi connectivity index (χ2v) is 8.56. The van der Waals surface area contributed by atoms with Crippen LogP contribution in [0.1, 0.15) is 29.9 Å². The third-order valence-corrected chi connectivity index (χ3v) is 6.65. The van der Waals surface area contributed by atoms with Crippen molar-refractivity contribution in [2.75, 3.05) is 13.1 Å². The lowest BCUT2D eigenvalue weighted by atomic mass is 9.91. The van der Waals surface area contributed by atoms with E-state index in [9.17, 15) is 12.8 Å². The molecule has 0 aliphatic carbocycles. The number of halogens is 1. The van der Waals surface area contributed by atoms with E-state index in [0.29, 0.717) is 11.0 Å². The van der Waals surface area contributed by atoms with Gasteiger partial charge in [0.05, 0.1) is 22.1 Å². The number of fused-ring (bicyclic) bond motifs is 1. The highest BCUT2D eigenvalue weighted by molar-refractivity contribution is 7.90. The monoisotopic (exact) mass is 373 g/mol. The highest BCUT2D eigenvalue weighted by Gasteiger charge is 2.26. The summed E-state index contributed by atoms with van der Waals surface area (Å²) in [4.78, 5) is 4.40. The fourth-order valence-corrected chi connectivity index (χ4v) is 4.89. The molecule has 4 rings (SSSR count). The Kier molecular flexibility index (Phi) is 4.28. The second-order valence-electron chi connectivity index (χ2n) is 6.74. The van der Waals surface area contributed by atoms with Crippen LogP contribution < -0.4 is 5.32 Å². The quantitative estimate of drug-likeness (QED) is 0.766. The minimum absolute atomic E-state index is 0.182. The van der Waals surface area contributed by atoms with E-state index in [4.69, 9.17) is 0 Å². The molecule has 1 aliphatic rings. The van der Waals surface area contributed by atoms with Crippen LogP contribution in [0.2, 0.25) is 0 Å². The van der Waals surface area contributed by atoms with Crippen LogP contribution in [0, 0.1) is 12.7 Å². The molecule has 7 heteroatoms. The molecule has 0 radical (unpaired) electrons. The van der Waals surface area contributed by atoms with Gasteiger partial charge in [0.1, 0.15) is 5.82 Å². The first-order valence-corrected chi connectivity index (χ1v) is 10.1. The van der Waals surface area contributed by atoms with E-state index in [0.717, 1.165) is 43.3 Å². The van der Waals surface area contributed by atoms with Crippen LogP contribution in [0.5, 0.6) is 0 Å². The lowest BCUT2D eigenvalue weighted by molar-refractivity contribution is 0.462. The Labute approximate surface area is 151 Å². The molecule has 3 heterocycles. The summed E-state index contributed by atoms with van der Waals surface area (Å²) in [5.74, 6) is -0.334. The summed E-state index contributed by atoms with van der Waals surface area (Å²) in [5, 5.41) is 3.30. The number of hydrogen-bond donors (Lipinski definition) is 1. The predicted molar refractivity (Wildman–Crippen MR) is 98.3 cm³/mol. The highest BCUT2D eigenvalue weighted by atomic mass is 32.2. The van der Waals surface area contributed by atoms with Gasteiger partial charge in [0.15, 0.2) is 0 Å². The van der Waals surface area contributed by atoms with Gasteiger partial charge in [-0.25, -0.2) is 16.8 Å². The smallest absolute Gasteiger partial charge is 0.268 e. The van der Waals surface area contributed by atoms with Gasteiger partial charge in [-0.05, 0) is 50.9 Å². The second kappa shape index (κ2) is 6.48. The number of aromatic nitrogens is 2. The Morgan fingerprint density at radius 3 is 2.58 bits per heavy atom. The molecule has 0 atom stereocenters. The molecule has 1 aromatic carbocycles. The van der Waals surface area contributed by atoms with Crippen LogP contribution in [-0.4, -0.2) is 30.5 Å².